The third-order valence-electron chi connectivity index (χ3n) is 2.25. The molecule has 0 spiro atoms. The highest BCUT2D eigenvalue weighted by atomic mass is 19.1. The number of halogens is 1. The zero-order chi connectivity index (χ0) is 13.4. The summed E-state index contributed by atoms with van der Waals surface area (Å²) >= 11 is 0. The van der Waals surface area contributed by atoms with Gasteiger partial charge in [0.05, 0.1) is 17.6 Å². The molecule has 0 atom stereocenters. The lowest BCUT2D eigenvalue weighted by molar-refractivity contribution is -0.385. The number of rotatable bonds is 8. The Balaban J connectivity index is 2.36. The van der Waals surface area contributed by atoms with Gasteiger partial charge >= 0.3 is 0 Å². The Morgan fingerprint density at radius 2 is 2.11 bits per heavy atom. The monoisotopic (exact) mass is 257 g/mol. The second-order valence-corrected chi connectivity index (χ2v) is 3.69. The van der Waals surface area contributed by atoms with Crippen LogP contribution in [0.2, 0.25) is 0 Å². The molecule has 0 aliphatic carbocycles. The SMILES string of the molecule is CCCCOCCOc1ccc([N+](=O)[O-])cc1F. The van der Waals surface area contributed by atoms with Crippen LogP contribution in [0.3, 0.4) is 0 Å². The number of nitro groups is 1. The van der Waals surface area contributed by atoms with Gasteiger partial charge in [-0.15, -0.1) is 0 Å². The molecule has 0 heterocycles. The largest absolute Gasteiger partial charge is 0.488 e. The van der Waals surface area contributed by atoms with Gasteiger partial charge in [-0.1, -0.05) is 13.3 Å². The summed E-state index contributed by atoms with van der Waals surface area (Å²) in [5, 5.41) is 10.4. The van der Waals surface area contributed by atoms with Gasteiger partial charge in [-0.3, -0.25) is 10.1 Å². The van der Waals surface area contributed by atoms with E-state index in [1.165, 1.54) is 12.1 Å². The van der Waals surface area contributed by atoms with Gasteiger partial charge in [0, 0.05) is 12.7 Å². The van der Waals surface area contributed by atoms with Crippen LogP contribution < -0.4 is 4.74 Å². The minimum atomic E-state index is -0.738. The van der Waals surface area contributed by atoms with Crippen LogP contribution in [0.4, 0.5) is 10.1 Å². The third kappa shape index (κ3) is 4.67. The highest BCUT2D eigenvalue weighted by molar-refractivity contribution is 5.37. The quantitative estimate of drug-likeness (QED) is 0.408. The van der Waals surface area contributed by atoms with Gasteiger partial charge in [0.15, 0.2) is 11.6 Å². The number of nitrogens with zero attached hydrogens (tertiary/aromatic N) is 1. The number of benzene rings is 1. The van der Waals surface area contributed by atoms with Crippen LogP contribution in [0.5, 0.6) is 5.75 Å². The number of nitro benzene ring substituents is 1. The first-order valence-corrected chi connectivity index (χ1v) is 5.79. The lowest BCUT2D eigenvalue weighted by Crippen LogP contribution is -2.08. The molecule has 1 aromatic carbocycles. The number of unbranched alkanes of at least 4 members (excludes halogenated alkanes) is 1. The fraction of sp³-hybridized carbons (Fsp3) is 0.500. The number of non-ortho nitro benzene ring substituents is 1. The number of hydrogen-bond donors (Lipinski definition) is 0. The van der Waals surface area contributed by atoms with Gasteiger partial charge in [-0.05, 0) is 12.5 Å². The molecule has 18 heavy (non-hydrogen) atoms. The fourth-order valence-electron chi connectivity index (χ4n) is 1.28. The standard InChI is InChI=1S/C12H16FNO4/c1-2-3-6-17-7-8-18-12-5-4-10(14(15)16)9-11(12)13/h4-5,9H,2-3,6-8H2,1H3. The van der Waals surface area contributed by atoms with E-state index >= 15 is 0 Å². The molecular formula is C12H16FNO4. The first-order valence-electron chi connectivity index (χ1n) is 5.79. The van der Waals surface area contributed by atoms with Crippen LogP contribution in [-0.2, 0) is 4.74 Å². The Bertz CT molecular complexity index is 398. The average molecular weight is 257 g/mol. The maximum atomic E-state index is 13.4. The van der Waals surface area contributed by atoms with Crippen LogP contribution in [0.1, 0.15) is 19.8 Å². The summed E-state index contributed by atoms with van der Waals surface area (Å²) in [5.74, 6) is -0.738. The molecule has 0 saturated heterocycles. The fourth-order valence-corrected chi connectivity index (χ4v) is 1.28. The molecule has 0 aromatic heterocycles. The lowest BCUT2D eigenvalue weighted by Gasteiger charge is -2.07. The Morgan fingerprint density at radius 3 is 2.72 bits per heavy atom. The van der Waals surface area contributed by atoms with E-state index in [9.17, 15) is 14.5 Å². The van der Waals surface area contributed by atoms with Crippen molar-refractivity contribution in [2.45, 2.75) is 19.8 Å². The second kappa shape index (κ2) is 7.60. The summed E-state index contributed by atoms with van der Waals surface area (Å²) in [5.41, 5.74) is -0.293. The second-order valence-electron chi connectivity index (χ2n) is 3.69. The van der Waals surface area contributed by atoms with Crippen molar-refractivity contribution in [3.63, 3.8) is 0 Å². The predicted octanol–water partition coefficient (Wildman–Crippen LogP) is 2.93. The topological polar surface area (TPSA) is 61.6 Å². The van der Waals surface area contributed by atoms with Crippen LogP contribution in [0, 0.1) is 15.9 Å². The first kappa shape index (κ1) is 14.4. The minimum Gasteiger partial charge on any atom is -0.488 e. The van der Waals surface area contributed by atoms with E-state index in [4.69, 9.17) is 9.47 Å². The summed E-state index contributed by atoms with van der Waals surface area (Å²) in [7, 11) is 0. The molecule has 0 unspecified atom stereocenters. The minimum absolute atomic E-state index is 0.000286. The van der Waals surface area contributed by atoms with Crippen molar-refractivity contribution in [3.8, 4) is 5.75 Å². The Hall–Kier alpha value is -1.69. The normalized spacial score (nSPS) is 10.3. The summed E-state index contributed by atoms with van der Waals surface area (Å²) < 4.78 is 23.7. The maximum Gasteiger partial charge on any atom is 0.272 e. The smallest absolute Gasteiger partial charge is 0.272 e. The van der Waals surface area contributed by atoms with Crippen molar-refractivity contribution >= 4 is 5.69 Å². The van der Waals surface area contributed by atoms with E-state index in [0.717, 1.165) is 18.9 Å². The molecule has 0 N–H and O–H groups in total. The van der Waals surface area contributed by atoms with Crippen LogP contribution in [-0.4, -0.2) is 24.7 Å². The molecule has 5 nitrogen and oxygen atoms in total. The van der Waals surface area contributed by atoms with Gasteiger partial charge in [0.25, 0.3) is 5.69 Å². The molecule has 1 aromatic rings. The Morgan fingerprint density at radius 1 is 1.33 bits per heavy atom. The summed E-state index contributed by atoms with van der Waals surface area (Å²) in [6.07, 6.45) is 2.03. The van der Waals surface area contributed by atoms with Crippen molar-refractivity contribution in [1.29, 1.82) is 0 Å². The van der Waals surface area contributed by atoms with Gasteiger partial charge in [0.2, 0.25) is 0 Å². The van der Waals surface area contributed by atoms with Gasteiger partial charge in [-0.2, -0.15) is 0 Å². The van der Waals surface area contributed by atoms with E-state index in [-0.39, 0.29) is 18.0 Å². The molecule has 0 aliphatic rings. The number of ether oxygens (including phenoxy) is 2. The highest BCUT2D eigenvalue weighted by Gasteiger charge is 2.11. The van der Waals surface area contributed by atoms with Crippen molar-refractivity contribution in [3.05, 3.63) is 34.1 Å². The molecule has 6 heteroatoms. The van der Waals surface area contributed by atoms with Crippen molar-refractivity contribution in [2.24, 2.45) is 0 Å². The van der Waals surface area contributed by atoms with E-state index < -0.39 is 10.7 Å². The van der Waals surface area contributed by atoms with Crippen molar-refractivity contribution in [1.82, 2.24) is 0 Å². The number of hydrogen-bond acceptors (Lipinski definition) is 4. The third-order valence-corrected chi connectivity index (χ3v) is 2.25. The zero-order valence-corrected chi connectivity index (χ0v) is 10.2. The van der Waals surface area contributed by atoms with Gasteiger partial charge in [0.1, 0.15) is 6.61 Å². The molecular weight excluding hydrogens is 241 g/mol. The van der Waals surface area contributed by atoms with Crippen LogP contribution >= 0.6 is 0 Å². The molecule has 100 valence electrons. The summed E-state index contributed by atoms with van der Waals surface area (Å²) in [6, 6.07) is 3.29. The molecule has 0 aliphatic heterocycles. The van der Waals surface area contributed by atoms with Crippen molar-refractivity contribution in [2.75, 3.05) is 19.8 Å². The molecule has 0 fully saturated rings. The van der Waals surface area contributed by atoms with Gasteiger partial charge in [-0.25, -0.2) is 4.39 Å². The van der Waals surface area contributed by atoms with E-state index in [2.05, 4.69) is 6.92 Å². The zero-order valence-electron chi connectivity index (χ0n) is 10.2. The van der Waals surface area contributed by atoms with E-state index in [1.807, 2.05) is 0 Å². The summed E-state index contributed by atoms with van der Waals surface area (Å²) in [6.45, 7) is 3.31. The Labute approximate surface area is 105 Å². The van der Waals surface area contributed by atoms with E-state index in [0.29, 0.717) is 13.2 Å². The van der Waals surface area contributed by atoms with Crippen LogP contribution in [0.15, 0.2) is 18.2 Å². The average Bonchev–Trinajstić information content (AvgIpc) is 2.35. The molecule has 1 rings (SSSR count). The van der Waals surface area contributed by atoms with Crippen molar-refractivity contribution < 1.29 is 18.8 Å². The highest BCUT2D eigenvalue weighted by Crippen LogP contribution is 2.22. The first-order chi connectivity index (χ1) is 8.65. The lowest BCUT2D eigenvalue weighted by atomic mass is 10.3. The molecule has 0 bridgehead atoms. The maximum absolute atomic E-state index is 13.4. The summed E-state index contributed by atoms with van der Waals surface area (Å²) in [4.78, 5) is 9.75. The Kier molecular flexibility index (Phi) is 6.07. The molecule has 0 radical (unpaired) electrons. The van der Waals surface area contributed by atoms with Crippen LogP contribution in [0.25, 0.3) is 0 Å². The molecule has 0 amide bonds. The van der Waals surface area contributed by atoms with Gasteiger partial charge < -0.3 is 9.47 Å². The predicted molar refractivity (Wildman–Crippen MR) is 64.3 cm³/mol. The van der Waals surface area contributed by atoms with E-state index in [1.54, 1.807) is 0 Å². The molecule has 0 saturated carbocycles.